The highest BCUT2D eigenvalue weighted by Crippen LogP contribution is 2.36. The van der Waals surface area contributed by atoms with E-state index in [-0.39, 0.29) is 41.6 Å². The molecule has 2 saturated heterocycles. The molecule has 1 aliphatic carbocycles. The number of anilines is 1. The molecular formula is C34H45ClN4O6. The third-order valence-corrected chi connectivity index (χ3v) is 9.66. The number of aliphatic hydroxyl groups is 1. The van der Waals surface area contributed by atoms with E-state index in [1.165, 1.54) is 12.1 Å². The van der Waals surface area contributed by atoms with Crippen LogP contribution >= 0.6 is 12.4 Å². The molecule has 5 rings (SSSR count). The second-order valence-electron chi connectivity index (χ2n) is 12.5. The summed E-state index contributed by atoms with van der Waals surface area (Å²) in [6.07, 6.45) is 6.97. The third kappa shape index (κ3) is 7.68. The van der Waals surface area contributed by atoms with Crippen LogP contribution in [0.5, 0.6) is 0 Å². The Bertz CT molecular complexity index is 1340. The van der Waals surface area contributed by atoms with Gasteiger partial charge in [0, 0.05) is 37.4 Å². The fraction of sp³-hybridized carbons (Fsp3) is 0.529. The SMILES string of the molecule is CCCCN1C(=O)[C@@H]([C@H](O)C2CCCCC2)NC(=O)C12CCN(Cc1ccc(C(=O)Nc3ccc(C(=O)O)cc3)cc1)CC2.Cl. The molecule has 3 aliphatic rings. The molecule has 3 fully saturated rings. The lowest BCUT2D eigenvalue weighted by molar-refractivity contribution is -0.166. The van der Waals surface area contributed by atoms with Gasteiger partial charge in [0.05, 0.1) is 11.7 Å². The summed E-state index contributed by atoms with van der Waals surface area (Å²) in [5.74, 6) is -1.54. The predicted molar refractivity (Wildman–Crippen MR) is 173 cm³/mol. The lowest BCUT2D eigenvalue weighted by Gasteiger charge is -2.52. The van der Waals surface area contributed by atoms with Gasteiger partial charge in [-0.2, -0.15) is 0 Å². The Balaban J connectivity index is 0.00000461. The number of hydrogen-bond donors (Lipinski definition) is 4. The maximum Gasteiger partial charge on any atom is 0.335 e. The van der Waals surface area contributed by atoms with E-state index in [1.807, 2.05) is 12.1 Å². The minimum absolute atomic E-state index is 0. The third-order valence-electron chi connectivity index (χ3n) is 9.66. The molecular weight excluding hydrogens is 596 g/mol. The van der Waals surface area contributed by atoms with Gasteiger partial charge in [-0.3, -0.25) is 19.3 Å². The summed E-state index contributed by atoms with van der Waals surface area (Å²) < 4.78 is 0. The van der Waals surface area contributed by atoms with Gasteiger partial charge in [-0.15, -0.1) is 12.4 Å². The van der Waals surface area contributed by atoms with Gasteiger partial charge in [0.1, 0.15) is 11.6 Å². The Morgan fingerprint density at radius 1 is 0.978 bits per heavy atom. The Morgan fingerprint density at radius 2 is 1.60 bits per heavy atom. The minimum atomic E-state index is -1.02. The number of nitrogens with zero attached hydrogens (tertiary/aromatic N) is 2. The number of piperazine rings is 1. The van der Waals surface area contributed by atoms with Crippen molar-refractivity contribution in [3.8, 4) is 0 Å². The lowest BCUT2D eigenvalue weighted by atomic mass is 9.78. The number of rotatable bonds is 10. The molecule has 3 amide bonds. The molecule has 244 valence electrons. The molecule has 0 bridgehead atoms. The van der Waals surface area contributed by atoms with Crippen molar-refractivity contribution in [1.29, 1.82) is 0 Å². The number of likely N-dealkylation sites (tertiary alicyclic amines) is 1. The van der Waals surface area contributed by atoms with Crippen LogP contribution in [0.25, 0.3) is 0 Å². The van der Waals surface area contributed by atoms with E-state index >= 15 is 0 Å². The van der Waals surface area contributed by atoms with E-state index in [0.29, 0.717) is 50.3 Å². The largest absolute Gasteiger partial charge is 0.478 e. The zero-order chi connectivity index (χ0) is 31.3. The molecule has 45 heavy (non-hydrogen) atoms. The monoisotopic (exact) mass is 640 g/mol. The first kappa shape index (κ1) is 34.4. The maximum absolute atomic E-state index is 13.8. The van der Waals surface area contributed by atoms with Crippen molar-refractivity contribution < 1.29 is 29.4 Å². The molecule has 2 aliphatic heterocycles. The summed E-state index contributed by atoms with van der Waals surface area (Å²) >= 11 is 0. The van der Waals surface area contributed by atoms with Crippen LogP contribution in [0.1, 0.15) is 91.0 Å². The van der Waals surface area contributed by atoms with Crippen LogP contribution < -0.4 is 10.6 Å². The number of piperidine rings is 1. The first-order valence-electron chi connectivity index (χ1n) is 16.0. The van der Waals surface area contributed by atoms with Crippen LogP contribution in [-0.2, 0) is 16.1 Å². The first-order valence-corrected chi connectivity index (χ1v) is 16.0. The van der Waals surface area contributed by atoms with Gasteiger partial charge in [-0.25, -0.2) is 4.79 Å². The van der Waals surface area contributed by atoms with Gasteiger partial charge < -0.3 is 25.7 Å². The van der Waals surface area contributed by atoms with Gasteiger partial charge in [0.15, 0.2) is 0 Å². The Hall–Kier alpha value is -3.47. The smallest absolute Gasteiger partial charge is 0.335 e. The van der Waals surface area contributed by atoms with Crippen molar-refractivity contribution in [1.82, 2.24) is 15.1 Å². The van der Waals surface area contributed by atoms with E-state index in [0.717, 1.165) is 50.5 Å². The first-order chi connectivity index (χ1) is 21.2. The van der Waals surface area contributed by atoms with Gasteiger partial charge >= 0.3 is 5.97 Å². The lowest BCUT2D eigenvalue weighted by Crippen LogP contribution is -2.75. The topological polar surface area (TPSA) is 139 Å². The van der Waals surface area contributed by atoms with Gasteiger partial charge in [0.25, 0.3) is 5.91 Å². The Labute approximate surface area is 271 Å². The fourth-order valence-electron chi connectivity index (χ4n) is 6.96. The van der Waals surface area contributed by atoms with Crippen molar-refractivity contribution in [2.24, 2.45) is 5.92 Å². The summed E-state index contributed by atoms with van der Waals surface area (Å²) in [5.41, 5.74) is 1.29. The van der Waals surface area contributed by atoms with Crippen LogP contribution in [0, 0.1) is 5.92 Å². The van der Waals surface area contributed by atoms with E-state index in [4.69, 9.17) is 5.11 Å². The summed E-state index contributed by atoms with van der Waals surface area (Å²) in [6, 6.07) is 12.5. The van der Waals surface area contributed by atoms with Crippen molar-refractivity contribution >= 4 is 41.8 Å². The zero-order valence-corrected chi connectivity index (χ0v) is 26.7. The molecule has 0 unspecified atom stereocenters. The normalized spacial score (nSPS) is 21.1. The van der Waals surface area contributed by atoms with Gasteiger partial charge in [-0.1, -0.05) is 44.7 Å². The second kappa shape index (κ2) is 15.2. The van der Waals surface area contributed by atoms with Crippen LogP contribution in [0.15, 0.2) is 48.5 Å². The molecule has 2 heterocycles. The molecule has 0 radical (unpaired) electrons. The summed E-state index contributed by atoms with van der Waals surface area (Å²) in [5, 5.41) is 26.0. The van der Waals surface area contributed by atoms with Gasteiger partial charge in [-0.05, 0) is 80.0 Å². The van der Waals surface area contributed by atoms with Crippen molar-refractivity contribution in [2.75, 3.05) is 25.0 Å². The minimum Gasteiger partial charge on any atom is -0.478 e. The maximum atomic E-state index is 13.8. The second-order valence-corrected chi connectivity index (χ2v) is 12.5. The van der Waals surface area contributed by atoms with Crippen molar-refractivity contribution in [2.45, 2.75) is 88.9 Å². The quantitative estimate of drug-likeness (QED) is 0.301. The fourth-order valence-corrected chi connectivity index (χ4v) is 6.96. The number of carbonyl (C=O) groups excluding carboxylic acids is 3. The summed E-state index contributed by atoms with van der Waals surface area (Å²) in [6.45, 7) is 4.54. The molecule has 4 N–H and O–H groups in total. The molecule has 2 atom stereocenters. The molecule has 1 spiro atoms. The van der Waals surface area contributed by atoms with Gasteiger partial charge in [0.2, 0.25) is 11.8 Å². The number of carbonyl (C=O) groups is 4. The molecule has 2 aromatic rings. The average Bonchev–Trinajstić information content (AvgIpc) is 3.04. The van der Waals surface area contributed by atoms with Crippen LogP contribution in [0.2, 0.25) is 0 Å². The number of benzene rings is 2. The molecule has 2 aromatic carbocycles. The highest BCUT2D eigenvalue weighted by Gasteiger charge is 2.55. The standard InChI is InChI=1S/C34H44N4O6.ClH/c1-2-3-19-38-31(41)28(29(39)24-7-5-4-6-8-24)36-33(44)34(38)17-20-37(21-18-34)22-23-9-11-25(12-10-23)30(40)35-27-15-13-26(14-16-27)32(42)43;/h9-16,24,28-29,39H,2-8,17-22H2,1H3,(H,35,40)(H,36,44)(H,42,43);1H/t28-,29-;/m1./s1. The zero-order valence-electron chi connectivity index (χ0n) is 25.9. The number of nitrogens with one attached hydrogen (secondary N) is 2. The summed E-state index contributed by atoms with van der Waals surface area (Å²) in [7, 11) is 0. The number of carboxylic acid groups (broad SMARTS) is 1. The number of carboxylic acids is 1. The van der Waals surface area contributed by atoms with E-state index < -0.39 is 23.7 Å². The number of hydrogen-bond acceptors (Lipinski definition) is 6. The number of aromatic carboxylic acids is 1. The Kier molecular flexibility index (Phi) is 11.6. The van der Waals surface area contributed by atoms with Crippen molar-refractivity contribution in [3.05, 3.63) is 65.2 Å². The number of unbranched alkanes of at least 4 members (excludes halogenated alkanes) is 1. The predicted octanol–water partition coefficient (Wildman–Crippen LogP) is 4.46. The molecule has 10 nitrogen and oxygen atoms in total. The van der Waals surface area contributed by atoms with E-state index in [2.05, 4.69) is 22.5 Å². The Morgan fingerprint density at radius 3 is 2.20 bits per heavy atom. The average molecular weight is 641 g/mol. The molecule has 1 saturated carbocycles. The number of halogens is 1. The number of amides is 3. The molecule has 11 heteroatoms. The van der Waals surface area contributed by atoms with E-state index in [9.17, 15) is 24.3 Å². The van der Waals surface area contributed by atoms with Crippen molar-refractivity contribution in [3.63, 3.8) is 0 Å². The highest BCUT2D eigenvalue weighted by atomic mass is 35.5. The summed E-state index contributed by atoms with van der Waals surface area (Å²) in [4.78, 5) is 55.4. The molecule has 0 aromatic heterocycles. The number of aliphatic hydroxyl groups excluding tert-OH is 1. The van der Waals surface area contributed by atoms with E-state index in [1.54, 1.807) is 29.2 Å². The highest BCUT2D eigenvalue weighted by molar-refractivity contribution is 6.04. The van der Waals surface area contributed by atoms with Crippen LogP contribution in [-0.4, -0.2) is 81.0 Å². The van der Waals surface area contributed by atoms with Crippen LogP contribution in [0.3, 0.4) is 0 Å². The van der Waals surface area contributed by atoms with Crippen LogP contribution in [0.4, 0.5) is 5.69 Å².